The fourth-order valence-corrected chi connectivity index (χ4v) is 2.96. The number of hydrogen-bond donors (Lipinski definition) is 2. The quantitative estimate of drug-likeness (QED) is 0.650. The van der Waals surface area contributed by atoms with Gasteiger partial charge in [0.05, 0.1) is 13.2 Å². The Morgan fingerprint density at radius 1 is 1.31 bits per heavy atom. The molecule has 0 radical (unpaired) electrons. The molecular weight excluding hydrogens is 332 g/mol. The van der Waals surface area contributed by atoms with E-state index < -0.39 is 11.7 Å². The Balaban J connectivity index is 2.07. The highest BCUT2D eigenvalue weighted by atomic mass is 16.5. The molecule has 1 aliphatic rings. The number of rotatable bonds is 4. The van der Waals surface area contributed by atoms with Gasteiger partial charge in [-0.25, -0.2) is 0 Å². The van der Waals surface area contributed by atoms with Crippen molar-refractivity contribution in [1.29, 1.82) is 0 Å². The minimum absolute atomic E-state index is 0.0602. The van der Waals surface area contributed by atoms with Gasteiger partial charge in [0.1, 0.15) is 28.4 Å². The van der Waals surface area contributed by atoms with Crippen LogP contribution in [0.4, 0.5) is 0 Å². The fourth-order valence-electron chi connectivity index (χ4n) is 2.96. The number of allylic oxidation sites excluding steroid dienone is 1. The normalized spacial score (nSPS) is 18.2. The van der Waals surface area contributed by atoms with Gasteiger partial charge >= 0.3 is 0 Å². The highest BCUT2D eigenvalue weighted by Crippen LogP contribution is 2.45. The van der Waals surface area contributed by atoms with E-state index in [0.717, 1.165) is 5.56 Å². The van der Waals surface area contributed by atoms with Crippen molar-refractivity contribution in [2.24, 2.45) is 0 Å². The summed E-state index contributed by atoms with van der Waals surface area (Å²) in [6, 6.07) is 10.9. The molecule has 2 aromatic carbocycles. The molecule has 26 heavy (non-hydrogen) atoms. The Hall–Kier alpha value is -2.79. The van der Waals surface area contributed by atoms with Crippen LogP contribution in [0.25, 0.3) is 6.08 Å². The number of aliphatic hydroxyl groups is 1. The van der Waals surface area contributed by atoms with Crippen LogP contribution in [-0.2, 0) is 6.42 Å². The molecule has 1 atom stereocenters. The number of methoxy groups -OCH3 is 1. The third-order valence-corrected chi connectivity index (χ3v) is 4.58. The van der Waals surface area contributed by atoms with Gasteiger partial charge in [-0.1, -0.05) is 36.4 Å². The number of phenolic OH excluding ortho intramolecular Hbond substituents is 1. The van der Waals surface area contributed by atoms with E-state index in [-0.39, 0.29) is 35.0 Å². The van der Waals surface area contributed by atoms with Gasteiger partial charge in [-0.2, -0.15) is 0 Å². The maximum absolute atomic E-state index is 12.9. The second-order valence-corrected chi connectivity index (χ2v) is 6.81. The fraction of sp³-hybridized carbons (Fsp3) is 0.286. The Morgan fingerprint density at radius 3 is 2.65 bits per heavy atom. The lowest BCUT2D eigenvalue weighted by atomic mass is 9.88. The van der Waals surface area contributed by atoms with Gasteiger partial charge in [-0.3, -0.25) is 4.79 Å². The number of aliphatic hydroxyl groups excluding tert-OH is 1. The molecule has 136 valence electrons. The summed E-state index contributed by atoms with van der Waals surface area (Å²) < 4.78 is 11.2. The second kappa shape index (κ2) is 6.84. The topological polar surface area (TPSA) is 76.0 Å². The lowest BCUT2D eigenvalue weighted by molar-refractivity contribution is -0.0421. The standard InChI is InChI=1S/C21H22O5/c1-21(2)18(24)11-14-16(23)12-17(25-3)19(20(14)26-21)15(22)10-9-13-7-5-4-6-8-13/h4-10,12,18,23-24H,11H2,1-3H3. The van der Waals surface area contributed by atoms with E-state index >= 15 is 0 Å². The number of carbonyl (C=O) groups is 1. The van der Waals surface area contributed by atoms with Gasteiger partial charge in [0, 0.05) is 18.1 Å². The first-order valence-electron chi connectivity index (χ1n) is 8.41. The number of ketones is 1. The molecule has 0 saturated carbocycles. The zero-order valence-electron chi connectivity index (χ0n) is 15.0. The van der Waals surface area contributed by atoms with Crippen LogP contribution in [-0.4, -0.2) is 34.8 Å². The van der Waals surface area contributed by atoms with Crippen LogP contribution in [0.15, 0.2) is 42.5 Å². The van der Waals surface area contributed by atoms with E-state index in [2.05, 4.69) is 0 Å². The van der Waals surface area contributed by atoms with Crippen molar-refractivity contribution in [1.82, 2.24) is 0 Å². The van der Waals surface area contributed by atoms with Crippen LogP contribution in [0.3, 0.4) is 0 Å². The Kier molecular flexibility index (Phi) is 4.74. The monoisotopic (exact) mass is 354 g/mol. The summed E-state index contributed by atoms with van der Waals surface area (Å²) in [6.45, 7) is 3.48. The molecule has 0 bridgehead atoms. The summed E-state index contributed by atoms with van der Waals surface area (Å²) in [6.07, 6.45) is 2.56. The average molecular weight is 354 g/mol. The SMILES string of the molecule is COc1cc(O)c2c(c1C(=O)C=Cc1ccccc1)OC(C)(C)C(O)C2. The van der Waals surface area contributed by atoms with Gasteiger partial charge in [-0.15, -0.1) is 0 Å². The molecule has 2 aromatic rings. The molecule has 1 heterocycles. The molecular formula is C21H22O5. The number of aromatic hydroxyl groups is 1. The van der Waals surface area contributed by atoms with E-state index in [1.807, 2.05) is 30.3 Å². The van der Waals surface area contributed by atoms with Crippen LogP contribution in [0.5, 0.6) is 17.2 Å². The lowest BCUT2D eigenvalue weighted by Gasteiger charge is -2.38. The molecule has 0 aromatic heterocycles. The zero-order chi connectivity index (χ0) is 18.9. The van der Waals surface area contributed by atoms with E-state index in [1.54, 1.807) is 19.9 Å². The van der Waals surface area contributed by atoms with Crippen LogP contribution in [0, 0.1) is 0 Å². The molecule has 1 unspecified atom stereocenters. The molecule has 5 heteroatoms. The number of fused-ring (bicyclic) bond motifs is 1. The van der Waals surface area contributed by atoms with Crippen molar-refractivity contribution in [2.45, 2.75) is 32.0 Å². The van der Waals surface area contributed by atoms with Gasteiger partial charge in [0.25, 0.3) is 0 Å². The number of hydrogen-bond acceptors (Lipinski definition) is 5. The summed E-state index contributed by atoms with van der Waals surface area (Å²) in [7, 11) is 1.43. The van der Waals surface area contributed by atoms with Crippen molar-refractivity contribution in [2.75, 3.05) is 7.11 Å². The van der Waals surface area contributed by atoms with Crippen molar-refractivity contribution in [3.05, 3.63) is 59.2 Å². The number of phenols is 1. The average Bonchev–Trinajstić information content (AvgIpc) is 2.61. The minimum atomic E-state index is -0.885. The summed E-state index contributed by atoms with van der Waals surface area (Å²) in [5, 5.41) is 20.5. The Bertz CT molecular complexity index is 852. The lowest BCUT2D eigenvalue weighted by Crippen LogP contribution is -2.46. The maximum atomic E-state index is 12.9. The maximum Gasteiger partial charge on any atom is 0.193 e. The van der Waals surface area contributed by atoms with Crippen LogP contribution in [0.1, 0.15) is 35.3 Å². The molecule has 5 nitrogen and oxygen atoms in total. The largest absolute Gasteiger partial charge is 0.507 e. The van der Waals surface area contributed by atoms with Gasteiger partial charge < -0.3 is 19.7 Å². The summed E-state index contributed by atoms with van der Waals surface area (Å²) >= 11 is 0. The molecule has 0 spiro atoms. The molecule has 0 saturated heterocycles. The minimum Gasteiger partial charge on any atom is -0.507 e. The Morgan fingerprint density at radius 2 is 2.00 bits per heavy atom. The first-order valence-corrected chi connectivity index (χ1v) is 8.41. The molecule has 1 aliphatic heterocycles. The predicted molar refractivity (Wildman–Crippen MR) is 98.9 cm³/mol. The van der Waals surface area contributed by atoms with E-state index in [0.29, 0.717) is 5.56 Å². The van der Waals surface area contributed by atoms with Crippen LogP contribution >= 0.6 is 0 Å². The van der Waals surface area contributed by atoms with Crippen molar-refractivity contribution in [3.8, 4) is 17.2 Å². The molecule has 2 N–H and O–H groups in total. The highest BCUT2D eigenvalue weighted by Gasteiger charge is 2.39. The van der Waals surface area contributed by atoms with Crippen molar-refractivity contribution in [3.63, 3.8) is 0 Å². The third-order valence-electron chi connectivity index (χ3n) is 4.58. The Labute approximate surface area is 152 Å². The van der Waals surface area contributed by atoms with Crippen molar-refractivity contribution < 1.29 is 24.5 Å². The first kappa shape index (κ1) is 18.0. The zero-order valence-corrected chi connectivity index (χ0v) is 15.0. The van der Waals surface area contributed by atoms with Crippen molar-refractivity contribution >= 4 is 11.9 Å². The highest BCUT2D eigenvalue weighted by molar-refractivity contribution is 6.11. The summed E-state index contributed by atoms with van der Waals surface area (Å²) in [5.41, 5.74) is 0.662. The smallest absolute Gasteiger partial charge is 0.193 e. The summed E-state index contributed by atoms with van der Waals surface area (Å²) in [5.74, 6) is 0.139. The van der Waals surface area contributed by atoms with Gasteiger partial charge in [0.15, 0.2) is 5.78 Å². The third kappa shape index (κ3) is 3.30. The number of ether oxygens (including phenoxy) is 2. The predicted octanol–water partition coefficient (Wildman–Crippen LogP) is 3.37. The van der Waals surface area contributed by atoms with Gasteiger partial charge in [0.2, 0.25) is 0 Å². The number of carbonyl (C=O) groups excluding carboxylic acids is 1. The van der Waals surface area contributed by atoms with E-state index in [9.17, 15) is 15.0 Å². The molecule has 0 fully saturated rings. The van der Waals surface area contributed by atoms with E-state index in [4.69, 9.17) is 9.47 Å². The number of benzene rings is 2. The molecule has 0 aliphatic carbocycles. The first-order chi connectivity index (χ1) is 12.3. The van der Waals surface area contributed by atoms with Crippen LogP contribution < -0.4 is 9.47 Å². The van der Waals surface area contributed by atoms with E-state index in [1.165, 1.54) is 19.3 Å². The van der Waals surface area contributed by atoms with Crippen LogP contribution in [0.2, 0.25) is 0 Å². The second-order valence-electron chi connectivity index (χ2n) is 6.81. The molecule has 3 rings (SSSR count). The molecule has 0 amide bonds. The van der Waals surface area contributed by atoms with Gasteiger partial charge in [-0.05, 0) is 25.5 Å². The summed E-state index contributed by atoms with van der Waals surface area (Å²) in [4.78, 5) is 12.9.